The first-order valence-electron chi connectivity index (χ1n) is 5.33. The first kappa shape index (κ1) is 7.34. The van der Waals surface area contributed by atoms with Gasteiger partial charge in [-0.1, -0.05) is 0 Å². The fraction of sp³-hybridized carbons (Fsp3) is 1.00. The van der Waals surface area contributed by atoms with E-state index >= 15 is 0 Å². The van der Waals surface area contributed by atoms with Crippen LogP contribution in [0.15, 0.2) is 0 Å². The highest BCUT2D eigenvalue weighted by molar-refractivity contribution is 5.05. The fourth-order valence-electron chi connectivity index (χ4n) is 2.49. The van der Waals surface area contributed by atoms with Crippen molar-refractivity contribution in [2.24, 2.45) is 11.3 Å². The smallest absolute Gasteiger partial charge is 0.00683 e. The van der Waals surface area contributed by atoms with Gasteiger partial charge in [0.1, 0.15) is 0 Å². The summed E-state index contributed by atoms with van der Waals surface area (Å²) < 4.78 is 0. The molecule has 3 fully saturated rings. The zero-order valence-electron chi connectivity index (χ0n) is 7.60. The predicted octanol–water partition coefficient (Wildman–Crippen LogP) is 0.738. The molecule has 1 saturated heterocycles. The number of nitrogens with one attached hydrogen (secondary N) is 2. The van der Waals surface area contributed by atoms with E-state index in [2.05, 4.69) is 10.6 Å². The van der Waals surface area contributed by atoms with Gasteiger partial charge in [0, 0.05) is 19.1 Å². The van der Waals surface area contributed by atoms with Crippen LogP contribution in [0.2, 0.25) is 0 Å². The lowest BCUT2D eigenvalue weighted by atomic mass is 9.93. The molecule has 0 aromatic heterocycles. The molecule has 2 N–H and O–H groups in total. The summed E-state index contributed by atoms with van der Waals surface area (Å²) in [4.78, 5) is 0. The zero-order valence-corrected chi connectivity index (χ0v) is 7.60. The van der Waals surface area contributed by atoms with E-state index in [1.165, 1.54) is 45.3 Å². The summed E-state index contributed by atoms with van der Waals surface area (Å²) in [6.07, 6.45) is 5.81. The molecule has 2 nitrogen and oxygen atoms in total. The van der Waals surface area contributed by atoms with Crippen LogP contribution in [0.4, 0.5) is 0 Å². The van der Waals surface area contributed by atoms with Crippen molar-refractivity contribution in [2.75, 3.05) is 19.6 Å². The lowest BCUT2D eigenvalue weighted by Gasteiger charge is -2.17. The molecule has 1 spiro atoms. The molecular formula is C10H18N2. The summed E-state index contributed by atoms with van der Waals surface area (Å²) in [7, 11) is 0. The molecule has 0 aromatic carbocycles. The average molecular weight is 166 g/mol. The normalized spacial score (nSPS) is 37.5. The minimum Gasteiger partial charge on any atom is -0.316 e. The maximum absolute atomic E-state index is 3.65. The first-order chi connectivity index (χ1) is 5.89. The van der Waals surface area contributed by atoms with Gasteiger partial charge in [-0.05, 0) is 43.6 Å². The lowest BCUT2D eigenvalue weighted by molar-refractivity contribution is 0.374. The molecule has 0 amide bonds. The van der Waals surface area contributed by atoms with Crippen molar-refractivity contribution in [3.8, 4) is 0 Å². The Bertz CT molecular complexity index is 182. The third kappa shape index (κ3) is 1.17. The first-order valence-corrected chi connectivity index (χ1v) is 5.33. The molecule has 0 aromatic rings. The highest BCUT2D eigenvalue weighted by Crippen LogP contribution is 2.53. The van der Waals surface area contributed by atoms with Crippen molar-refractivity contribution < 1.29 is 0 Å². The topological polar surface area (TPSA) is 24.1 Å². The third-order valence-corrected chi connectivity index (χ3v) is 3.86. The fourth-order valence-corrected chi connectivity index (χ4v) is 2.49. The van der Waals surface area contributed by atoms with Crippen molar-refractivity contribution in [2.45, 2.75) is 31.7 Å². The summed E-state index contributed by atoms with van der Waals surface area (Å²) in [6, 6.07) is 0.890. The second-order valence-corrected chi connectivity index (χ2v) is 4.87. The third-order valence-electron chi connectivity index (χ3n) is 3.86. The van der Waals surface area contributed by atoms with Gasteiger partial charge in [0.2, 0.25) is 0 Å². The Morgan fingerprint density at radius 3 is 2.83 bits per heavy atom. The maximum atomic E-state index is 3.65. The van der Waals surface area contributed by atoms with Gasteiger partial charge in [0.25, 0.3) is 0 Å². The molecule has 2 saturated carbocycles. The summed E-state index contributed by atoms with van der Waals surface area (Å²) in [5, 5.41) is 7.18. The van der Waals surface area contributed by atoms with Crippen LogP contribution in [0, 0.1) is 11.3 Å². The van der Waals surface area contributed by atoms with Crippen molar-refractivity contribution >= 4 is 0 Å². The Labute approximate surface area is 74.1 Å². The van der Waals surface area contributed by atoms with E-state index in [0.717, 1.165) is 17.4 Å². The quantitative estimate of drug-likeness (QED) is 0.646. The van der Waals surface area contributed by atoms with Gasteiger partial charge in [0.15, 0.2) is 0 Å². The summed E-state index contributed by atoms with van der Waals surface area (Å²) in [5.74, 6) is 0.943. The van der Waals surface area contributed by atoms with Gasteiger partial charge in [-0.25, -0.2) is 0 Å². The molecular weight excluding hydrogens is 148 g/mol. The number of hydrogen-bond acceptors (Lipinski definition) is 2. The molecule has 3 rings (SSSR count). The van der Waals surface area contributed by atoms with Gasteiger partial charge >= 0.3 is 0 Å². The van der Waals surface area contributed by atoms with Crippen molar-refractivity contribution in [3.63, 3.8) is 0 Å². The summed E-state index contributed by atoms with van der Waals surface area (Å²) in [6.45, 7) is 3.83. The molecule has 1 unspecified atom stereocenters. The van der Waals surface area contributed by atoms with Crippen LogP contribution in [0.1, 0.15) is 25.7 Å². The number of hydrogen-bond donors (Lipinski definition) is 2. The number of rotatable bonds is 3. The Morgan fingerprint density at radius 1 is 1.33 bits per heavy atom. The van der Waals surface area contributed by atoms with Crippen LogP contribution in [0.3, 0.4) is 0 Å². The van der Waals surface area contributed by atoms with Crippen LogP contribution in [-0.2, 0) is 0 Å². The Morgan fingerprint density at radius 2 is 2.17 bits per heavy atom. The molecule has 12 heavy (non-hydrogen) atoms. The average Bonchev–Trinajstić information content (AvgIpc) is 2.89. The molecule has 1 atom stereocenters. The van der Waals surface area contributed by atoms with Crippen molar-refractivity contribution in [1.82, 2.24) is 10.6 Å². The molecule has 1 aliphatic heterocycles. The van der Waals surface area contributed by atoms with E-state index in [1.807, 2.05) is 0 Å². The van der Waals surface area contributed by atoms with E-state index in [-0.39, 0.29) is 0 Å². The van der Waals surface area contributed by atoms with Crippen LogP contribution in [0.5, 0.6) is 0 Å². The molecule has 68 valence electrons. The van der Waals surface area contributed by atoms with Gasteiger partial charge < -0.3 is 10.6 Å². The van der Waals surface area contributed by atoms with E-state index in [1.54, 1.807) is 0 Å². The standard InChI is InChI=1S/C10H18N2/c1-2-9(1)12-6-8-5-11-7-10(8)3-4-10/h8-9,11-12H,1-7H2. The predicted molar refractivity (Wildman–Crippen MR) is 49.1 cm³/mol. The van der Waals surface area contributed by atoms with Crippen LogP contribution in [0.25, 0.3) is 0 Å². The van der Waals surface area contributed by atoms with Gasteiger partial charge in [-0.2, -0.15) is 0 Å². The zero-order chi connectivity index (χ0) is 8.02. The Balaban J connectivity index is 1.53. The molecule has 1 heterocycles. The molecule has 0 radical (unpaired) electrons. The lowest BCUT2D eigenvalue weighted by Crippen LogP contribution is -2.29. The monoisotopic (exact) mass is 166 g/mol. The highest BCUT2D eigenvalue weighted by Gasteiger charge is 2.51. The molecule has 0 bridgehead atoms. The van der Waals surface area contributed by atoms with E-state index in [9.17, 15) is 0 Å². The van der Waals surface area contributed by atoms with Crippen LogP contribution >= 0.6 is 0 Å². The minimum absolute atomic E-state index is 0.752. The molecule has 2 heteroatoms. The Kier molecular flexibility index (Phi) is 1.50. The molecule has 3 aliphatic rings. The van der Waals surface area contributed by atoms with Gasteiger partial charge in [-0.15, -0.1) is 0 Å². The van der Waals surface area contributed by atoms with E-state index in [0.29, 0.717) is 0 Å². The van der Waals surface area contributed by atoms with E-state index < -0.39 is 0 Å². The maximum Gasteiger partial charge on any atom is 0.00683 e. The van der Waals surface area contributed by atoms with Gasteiger partial charge in [-0.3, -0.25) is 0 Å². The summed E-state index contributed by atoms with van der Waals surface area (Å²) >= 11 is 0. The van der Waals surface area contributed by atoms with Gasteiger partial charge in [0.05, 0.1) is 0 Å². The molecule has 2 aliphatic carbocycles. The Hall–Kier alpha value is -0.0800. The van der Waals surface area contributed by atoms with Crippen molar-refractivity contribution in [1.29, 1.82) is 0 Å². The second kappa shape index (κ2) is 2.46. The minimum atomic E-state index is 0.752. The second-order valence-electron chi connectivity index (χ2n) is 4.87. The van der Waals surface area contributed by atoms with E-state index in [4.69, 9.17) is 0 Å². The van der Waals surface area contributed by atoms with Crippen molar-refractivity contribution in [3.05, 3.63) is 0 Å². The van der Waals surface area contributed by atoms with Crippen LogP contribution < -0.4 is 10.6 Å². The van der Waals surface area contributed by atoms with Crippen LogP contribution in [-0.4, -0.2) is 25.7 Å². The summed E-state index contributed by atoms with van der Waals surface area (Å²) in [5.41, 5.74) is 0.752. The largest absolute Gasteiger partial charge is 0.316 e. The highest BCUT2D eigenvalue weighted by atomic mass is 15.0. The SMILES string of the molecule is C1CC1NCC1CNCC12CC2.